The highest BCUT2D eigenvalue weighted by Gasteiger charge is 2.33. The predicted octanol–water partition coefficient (Wildman–Crippen LogP) is 5.49. The number of aromatic nitrogens is 2. The van der Waals surface area contributed by atoms with E-state index in [9.17, 15) is 9.18 Å². The average Bonchev–Trinajstić information content (AvgIpc) is 2.91. The summed E-state index contributed by atoms with van der Waals surface area (Å²) in [6.07, 6.45) is 10.3. The van der Waals surface area contributed by atoms with Gasteiger partial charge in [0.05, 0.1) is 30.4 Å². The Labute approximate surface area is 220 Å². The van der Waals surface area contributed by atoms with Crippen LogP contribution in [0.25, 0.3) is 10.9 Å². The number of carbonyl (C=O) groups excluding carboxylic acids is 1. The normalized spacial score (nSPS) is 20.2. The van der Waals surface area contributed by atoms with Crippen molar-refractivity contribution < 1.29 is 18.7 Å². The first-order chi connectivity index (χ1) is 18.0. The number of allylic oxidation sites excluding steroid dienone is 1. The van der Waals surface area contributed by atoms with Crippen LogP contribution in [-0.4, -0.2) is 59.6 Å². The predicted molar refractivity (Wildman–Crippen MR) is 142 cm³/mol. The summed E-state index contributed by atoms with van der Waals surface area (Å²) < 4.78 is 25.1. The maximum atomic E-state index is 13.6. The molecule has 1 saturated carbocycles. The molecule has 0 amide bonds. The Balaban J connectivity index is 1.31. The third-order valence-corrected chi connectivity index (χ3v) is 7.36. The summed E-state index contributed by atoms with van der Waals surface area (Å²) >= 11 is 5.93. The smallest absolute Gasteiger partial charge is 0.159 e. The highest BCUT2D eigenvalue weighted by Crippen LogP contribution is 2.31. The molecule has 0 radical (unpaired) electrons. The quantitative estimate of drug-likeness (QED) is 0.391. The fourth-order valence-electron chi connectivity index (χ4n) is 5.24. The topological polar surface area (TPSA) is 76.6 Å². The lowest BCUT2D eigenvalue weighted by Gasteiger charge is -2.43. The van der Waals surface area contributed by atoms with E-state index in [4.69, 9.17) is 21.1 Å². The number of carbonyl (C=O) groups is 1. The van der Waals surface area contributed by atoms with Gasteiger partial charge >= 0.3 is 0 Å². The second-order valence-electron chi connectivity index (χ2n) is 9.46. The number of methoxy groups -OCH3 is 1. The number of halogens is 2. The van der Waals surface area contributed by atoms with Crippen LogP contribution in [0.15, 0.2) is 48.8 Å². The number of ether oxygens (including phenoxy) is 2. The standard InChI is InChI=1S/C28H30ClFN4O3/c1-36-27-16-24-21(28(32-17-31-24)33-19-8-9-23(30)22(29)15-19)14-18(27)13-20(35)5-4-10-34-11-12-37-26-7-3-2-6-25(26)34/h4-5,8-9,14-17,25-26H,2-3,6-7,10-13H2,1H3,(H,31,32,33)/b5-4+. The summed E-state index contributed by atoms with van der Waals surface area (Å²) in [6.45, 7) is 2.39. The Morgan fingerprint density at radius 1 is 1.27 bits per heavy atom. The molecule has 2 atom stereocenters. The molecule has 0 bridgehead atoms. The van der Waals surface area contributed by atoms with E-state index in [1.165, 1.54) is 31.3 Å². The first-order valence-corrected chi connectivity index (χ1v) is 13.0. The molecule has 0 spiro atoms. The van der Waals surface area contributed by atoms with Crippen molar-refractivity contribution in [1.82, 2.24) is 14.9 Å². The SMILES string of the molecule is COc1cc2ncnc(Nc3ccc(F)c(Cl)c3)c2cc1CC(=O)/C=C/CN1CCOC2CCCCC21. The van der Waals surface area contributed by atoms with E-state index in [1.54, 1.807) is 25.3 Å². The minimum Gasteiger partial charge on any atom is -0.496 e. The van der Waals surface area contributed by atoms with Gasteiger partial charge in [0.1, 0.15) is 23.7 Å². The molecule has 1 aliphatic heterocycles. The van der Waals surface area contributed by atoms with Gasteiger partial charge < -0.3 is 14.8 Å². The van der Waals surface area contributed by atoms with Crippen LogP contribution in [0.2, 0.25) is 5.02 Å². The number of rotatable bonds is 8. The second kappa shape index (κ2) is 11.5. The van der Waals surface area contributed by atoms with E-state index >= 15 is 0 Å². The van der Waals surface area contributed by atoms with Crippen LogP contribution in [0, 0.1) is 5.82 Å². The lowest BCUT2D eigenvalue weighted by atomic mass is 9.90. The average molecular weight is 525 g/mol. The van der Waals surface area contributed by atoms with Crippen molar-refractivity contribution in [2.75, 3.05) is 32.1 Å². The number of morpholine rings is 1. The molecule has 1 aromatic heterocycles. The first kappa shape index (κ1) is 25.6. The molecule has 9 heteroatoms. The summed E-state index contributed by atoms with van der Waals surface area (Å²) in [5, 5.41) is 3.90. The molecule has 3 aromatic rings. The summed E-state index contributed by atoms with van der Waals surface area (Å²) in [5.41, 5.74) is 1.98. The van der Waals surface area contributed by atoms with Crippen LogP contribution >= 0.6 is 11.6 Å². The van der Waals surface area contributed by atoms with Crippen molar-refractivity contribution in [3.8, 4) is 5.75 Å². The molecule has 2 heterocycles. The van der Waals surface area contributed by atoms with Gasteiger partial charge in [-0.3, -0.25) is 9.69 Å². The number of nitrogens with one attached hydrogen (secondary N) is 1. The van der Waals surface area contributed by atoms with E-state index < -0.39 is 5.82 Å². The molecule has 1 aliphatic carbocycles. The van der Waals surface area contributed by atoms with Gasteiger partial charge in [0.15, 0.2) is 5.78 Å². The summed E-state index contributed by atoms with van der Waals surface area (Å²) in [7, 11) is 1.57. The minimum absolute atomic E-state index is 0.0113. The van der Waals surface area contributed by atoms with Crippen molar-refractivity contribution in [1.29, 1.82) is 0 Å². The summed E-state index contributed by atoms with van der Waals surface area (Å²) in [4.78, 5) is 24.0. The van der Waals surface area contributed by atoms with E-state index in [1.807, 2.05) is 12.1 Å². The van der Waals surface area contributed by atoms with E-state index in [2.05, 4.69) is 20.2 Å². The van der Waals surface area contributed by atoms with Gasteiger partial charge in [0.2, 0.25) is 0 Å². The molecule has 37 heavy (non-hydrogen) atoms. The Kier molecular flexibility index (Phi) is 7.98. The van der Waals surface area contributed by atoms with Crippen molar-refractivity contribution in [3.63, 3.8) is 0 Å². The molecule has 7 nitrogen and oxygen atoms in total. The number of hydrogen-bond donors (Lipinski definition) is 1. The van der Waals surface area contributed by atoms with Crippen molar-refractivity contribution in [2.45, 2.75) is 44.2 Å². The highest BCUT2D eigenvalue weighted by molar-refractivity contribution is 6.31. The van der Waals surface area contributed by atoms with Gasteiger partial charge in [0, 0.05) is 48.3 Å². The fourth-order valence-corrected chi connectivity index (χ4v) is 5.42. The van der Waals surface area contributed by atoms with Crippen LogP contribution in [0.1, 0.15) is 31.2 Å². The number of nitrogens with zero attached hydrogens (tertiary/aromatic N) is 3. The third-order valence-electron chi connectivity index (χ3n) is 7.08. The molecule has 1 N–H and O–H groups in total. The molecule has 5 rings (SSSR count). The van der Waals surface area contributed by atoms with E-state index in [0.717, 1.165) is 38.1 Å². The lowest BCUT2D eigenvalue weighted by Crippen LogP contribution is -2.52. The third kappa shape index (κ3) is 5.92. The van der Waals surface area contributed by atoms with Crippen molar-refractivity contribution in [2.24, 2.45) is 0 Å². The Morgan fingerprint density at radius 3 is 2.97 bits per heavy atom. The van der Waals surface area contributed by atoms with Gasteiger partial charge in [-0.25, -0.2) is 14.4 Å². The zero-order valence-electron chi connectivity index (χ0n) is 20.8. The van der Waals surface area contributed by atoms with Gasteiger partial charge in [-0.15, -0.1) is 0 Å². The monoisotopic (exact) mass is 524 g/mol. The number of ketones is 1. The van der Waals surface area contributed by atoms with E-state index in [0.29, 0.717) is 40.3 Å². The number of hydrogen-bond acceptors (Lipinski definition) is 7. The molecular weight excluding hydrogens is 495 g/mol. The Hall–Kier alpha value is -3.07. The van der Waals surface area contributed by atoms with Gasteiger partial charge in [0.25, 0.3) is 0 Å². The van der Waals surface area contributed by atoms with Crippen LogP contribution in [0.3, 0.4) is 0 Å². The maximum absolute atomic E-state index is 13.6. The largest absolute Gasteiger partial charge is 0.496 e. The summed E-state index contributed by atoms with van der Waals surface area (Å²) in [6, 6.07) is 8.47. The first-order valence-electron chi connectivity index (χ1n) is 12.6. The zero-order chi connectivity index (χ0) is 25.8. The Bertz CT molecular complexity index is 1320. The second-order valence-corrected chi connectivity index (χ2v) is 9.87. The molecule has 2 aliphatic rings. The van der Waals surface area contributed by atoms with Crippen LogP contribution < -0.4 is 10.1 Å². The molecule has 194 valence electrons. The van der Waals surface area contributed by atoms with Crippen molar-refractivity contribution >= 4 is 39.8 Å². The fraction of sp³-hybridized carbons (Fsp3) is 0.393. The summed E-state index contributed by atoms with van der Waals surface area (Å²) in [5.74, 6) is 0.601. The number of anilines is 2. The van der Waals surface area contributed by atoms with Crippen LogP contribution in [0.5, 0.6) is 5.75 Å². The van der Waals surface area contributed by atoms with Crippen LogP contribution in [0.4, 0.5) is 15.9 Å². The minimum atomic E-state index is -0.495. The maximum Gasteiger partial charge on any atom is 0.159 e. The van der Waals surface area contributed by atoms with Crippen molar-refractivity contribution in [3.05, 3.63) is 65.2 Å². The highest BCUT2D eigenvalue weighted by atomic mass is 35.5. The van der Waals surface area contributed by atoms with Gasteiger partial charge in [-0.05, 0) is 43.2 Å². The number of fused-ring (bicyclic) bond motifs is 2. The molecule has 1 saturated heterocycles. The van der Waals surface area contributed by atoms with Gasteiger partial charge in [-0.1, -0.05) is 30.5 Å². The lowest BCUT2D eigenvalue weighted by molar-refractivity contribution is -0.114. The Morgan fingerprint density at radius 2 is 2.14 bits per heavy atom. The molecule has 2 aromatic carbocycles. The van der Waals surface area contributed by atoms with Crippen LogP contribution in [-0.2, 0) is 16.0 Å². The molecule has 2 unspecified atom stereocenters. The number of benzene rings is 2. The molecular formula is C28H30ClFN4O3. The van der Waals surface area contributed by atoms with Gasteiger partial charge in [-0.2, -0.15) is 0 Å². The van der Waals surface area contributed by atoms with E-state index in [-0.39, 0.29) is 17.2 Å². The zero-order valence-corrected chi connectivity index (χ0v) is 21.5. The molecule has 2 fully saturated rings.